The van der Waals surface area contributed by atoms with Gasteiger partial charge < -0.3 is 0 Å². The van der Waals surface area contributed by atoms with Gasteiger partial charge in [0.1, 0.15) is 4.90 Å². The van der Waals surface area contributed by atoms with Gasteiger partial charge in [-0.15, -0.1) is 25.3 Å². The van der Waals surface area contributed by atoms with E-state index in [1.165, 1.54) is 36.0 Å². The SMILES string of the molecule is O=S(=O)(O)c1cc(S(=O)(=O)c2ccc(Sc3ccc(Sc4ccc(S)cc4)cc3)cc2)ccc1Sc1ccc(Sc2ccc(S)cc2)cc1. The van der Waals surface area contributed by atoms with Gasteiger partial charge in [-0.05, 0) is 140 Å². The van der Waals surface area contributed by atoms with Gasteiger partial charge in [0.15, 0.2) is 0 Å². The predicted octanol–water partition coefficient (Wildman–Crippen LogP) is 10.9. The zero-order valence-corrected chi connectivity index (χ0v) is 31.9. The Labute approximate surface area is 314 Å². The maximum atomic E-state index is 13.6. The summed E-state index contributed by atoms with van der Waals surface area (Å²) >= 11 is 14.5. The van der Waals surface area contributed by atoms with Gasteiger partial charge in [0.2, 0.25) is 9.84 Å². The molecule has 49 heavy (non-hydrogen) atoms. The average molecular weight is 795 g/mol. The molecule has 0 unspecified atom stereocenters. The molecule has 0 saturated heterocycles. The Morgan fingerprint density at radius 3 is 1.08 bits per heavy atom. The van der Waals surface area contributed by atoms with E-state index < -0.39 is 24.9 Å². The van der Waals surface area contributed by atoms with E-state index in [1.54, 1.807) is 35.7 Å². The van der Waals surface area contributed by atoms with Crippen molar-refractivity contribution in [2.75, 3.05) is 0 Å². The number of hydrogen-bond donors (Lipinski definition) is 3. The van der Waals surface area contributed by atoms with Crippen LogP contribution in [0.2, 0.25) is 0 Å². The van der Waals surface area contributed by atoms with E-state index in [-0.39, 0.29) is 14.7 Å². The summed E-state index contributed by atoms with van der Waals surface area (Å²) in [5, 5.41) is 0. The van der Waals surface area contributed by atoms with Crippen LogP contribution in [-0.2, 0) is 20.0 Å². The van der Waals surface area contributed by atoms with Crippen molar-refractivity contribution in [3.63, 3.8) is 0 Å². The summed E-state index contributed by atoms with van der Waals surface area (Å²) in [4.78, 5) is 8.10. The summed E-state index contributed by atoms with van der Waals surface area (Å²) in [5.74, 6) is 0. The van der Waals surface area contributed by atoms with Gasteiger partial charge in [0, 0.05) is 49.0 Å². The minimum Gasteiger partial charge on any atom is -0.282 e. The second-order valence-corrected chi connectivity index (χ2v) is 19.3. The molecule has 0 amide bonds. The van der Waals surface area contributed by atoms with E-state index in [9.17, 15) is 21.4 Å². The second kappa shape index (κ2) is 15.7. The summed E-state index contributed by atoms with van der Waals surface area (Å²) < 4.78 is 62.0. The molecule has 0 saturated carbocycles. The summed E-state index contributed by atoms with van der Waals surface area (Å²) in [6, 6.07) is 41.5. The van der Waals surface area contributed by atoms with E-state index in [4.69, 9.17) is 0 Å². The molecule has 0 heterocycles. The highest BCUT2D eigenvalue weighted by molar-refractivity contribution is 8.00. The van der Waals surface area contributed by atoms with Gasteiger partial charge in [-0.25, -0.2) is 8.42 Å². The van der Waals surface area contributed by atoms with Crippen molar-refractivity contribution in [3.8, 4) is 0 Å². The van der Waals surface area contributed by atoms with Gasteiger partial charge in [0.25, 0.3) is 10.1 Å². The van der Waals surface area contributed by atoms with Crippen LogP contribution in [0.4, 0.5) is 0 Å². The molecule has 6 rings (SSSR count). The Hall–Kier alpha value is -2.72. The third-order valence-corrected chi connectivity index (χ3v) is 14.4. The van der Waals surface area contributed by atoms with Crippen LogP contribution in [0.5, 0.6) is 0 Å². The van der Waals surface area contributed by atoms with Gasteiger partial charge in [-0.3, -0.25) is 4.55 Å². The van der Waals surface area contributed by atoms with Crippen LogP contribution in [0.1, 0.15) is 0 Å². The first-order valence-electron chi connectivity index (χ1n) is 14.4. The first-order chi connectivity index (χ1) is 23.4. The van der Waals surface area contributed by atoms with Gasteiger partial charge >= 0.3 is 0 Å². The zero-order valence-electron chi connectivity index (χ0n) is 25.2. The Balaban J connectivity index is 1.14. The first kappa shape index (κ1) is 36.1. The maximum Gasteiger partial charge on any atom is 0.295 e. The van der Waals surface area contributed by atoms with Crippen LogP contribution in [-0.4, -0.2) is 21.4 Å². The third kappa shape index (κ3) is 9.54. The minimum atomic E-state index is -4.74. The van der Waals surface area contributed by atoms with E-state index in [2.05, 4.69) is 25.3 Å². The van der Waals surface area contributed by atoms with Crippen molar-refractivity contribution in [2.24, 2.45) is 0 Å². The largest absolute Gasteiger partial charge is 0.295 e. The lowest BCUT2D eigenvalue weighted by Gasteiger charge is -2.11. The molecule has 5 nitrogen and oxygen atoms in total. The minimum absolute atomic E-state index is 0.00891. The lowest BCUT2D eigenvalue weighted by Crippen LogP contribution is -2.06. The molecule has 6 aromatic carbocycles. The van der Waals surface area contributed by atoms with E-state index in [0.29, 0.717) is 0 Å². The van der Waals surface area contributed by atoms with Crippen LogP contribution >= 0.6 is 72.3 Å². The molecule has 248 valence electrons. The highest BCUT2D eigenvalue weighted by atomic mass is 32.2. The molecule has 13 heteroatoms. The number of benzene rings is 6. The predicted molar refractivity (Wildman–Crippen MR) is 205 cm³/mol. The zero-order chi connectivity index (χ0) is 34.6. The Morgan fingerprint density at radius 1 is 0.408 bits per heavy atom. The van der Waals surface area contributed by atoms with Crippen molar-refractivity contribution in [1.82, 2.24) is 0 Å². The molecule has 0 bridgehead atoms. The number of thiol groups is 2. The van der Waals surface area contributed by atoms with Gasteiger partial charge in [-0.1, -0.05) is 47.0 Å². The Bertz CT molecular complexity index is 2290. The van der Waals surface area contributed by atoms with Crippen molar-refractivity contribution in [3.05, 3.63) is 140 Å². The quantitative estimate of drug-likeness (QED) is 0.0876. The monoisotopic (exact) mass is 794 g/mol. The smallest absolute Gasteiger partial charge is 0.282 e. The number of hydrogen-bond acceptors (Lipinski definition) is 10. The Morgan fingerprint density at radius 2 is 0.714 bits per heavy atom. The van der Waals surface area contributed by atoms with Crippen molar-refractivity contribution < 1.29 is 21.4 Å². The molecule has 0 atom stereocenters. The lowest BCUT2D eigenvalue weighted by molar-refractivity contribution is 0.480. The molecular formula is C36H26O5S8. The Kier molecular flexibility index (Phi) is 11.5. The second-order valence-electron chi connectivity index (χ2n) is 10.4. The summed E-state index contributed by atoms with van der Waals surface area (Å²) in [6.07, 6.45) is 0. The maximum absolute atomic E-state index is 13.6. The number of sulfone groups is 1. The molecule has 0 fully saturated rings. The molecule has 0 spiro atoms. The van der Waals surface area contributed by atoms with Crippen molar-refractivity contribution >= 4 is 92.3 Å². The summed E-state index contributed by atoms with van der Waals surface area (Å²) in [5.41, 5.74) is 0. The van der Waals surface area contributed by atoms with Gasteiger partial charge in [0.05, 0.1) is 9.79 Å². The molecular weight excluding hydrogens is 769 g/mol. The standard InChI is InChI=1S/C36H26O5S8/c37-48(38,33-19-17-31(18-20-33)46-29-11-9-28(10-12-29)44-26-5-1-24(42)2-6-26)34-21-22-35(36(23-34)49(39,40)41)47-32-15-13-30(14-16-32)45-27-7-3-25(43)4-8-27/h1-23,42-43H,(H,39,40,41). The van der Waals surface area contributed by atoms with Crippen molar-refractivity contribution in [1.29, 1.82) is 0 Å². The summed E-state index contributed by atoms with van der Waals surface area (Å²) in [6.45, 7) is 0. The fourth-order valence-corrected chi connectivity index (χ4v) is 10.4. The molecule has 6 aromatic rings. The molecule has 0 aliphatic rings. The highest BCUT2D eigenvalue weighted by Crippen LogP contribution is 2.38. The van der Waals surface area contributed by atoms with Gasteiger partial charge in [-0.2, -0.15) is 8.42 Å². The molecule has 0 aliphatic heterocycles. The van der Waals surface area contributed by atoms with E-state index in [1.807, 2.05) is 97.1 Å². The highest BCUT2D eigenvalue weighted by Gasteiger charge is 2.24. The van der Waals surface area contributed by atoms with E-state index >= 15 is 0 Å². The van der Waals surface area contributed by atoms with E-state index in [0.717, 1.165) is 61.9 Å². The molecule has 0 aromatic heterocycles. The first-order valence-corrected chi connectivity index (χ1v) is 21.5. The topological polar surface area (TPSA) is 88.5 Å². The molecule has 1 N–H and O–H groups in total. The van der Waals surface area contributed by atoms with Crippen LogP contribution in [0, 0.1) is 0 Å². The fourth-order valence-electron chi connectivity index (χ4n) is 4.48. The van der Waals surface area contributed by atoms with Crippen LogP contribution in [0.15, 0.2) is 203 Å². The van der Waals surface area contributed by atoms with Crippen LogP contribution < -0.4 is 0 Å². The van der Waals surface area contributed by atoms with Crippen molar-refractivity contribution in [2.45, 2.75) is 63.6 Å². The number of rotatable bonds is 11. The third-order valence-electron chi connectivity index (χ3n) is 6.89. The molecule has 0 aliphatic carbocycles. The average Bonchev–Trinajstić information content (AvgIpc) is 3.08. The normalized spacial score (nSPS) is 11.8. The molecule has 0 radical (unpaired) electrons. The van der Waals surface area contributed by atoms with Crippen LogP contribution in [0.3, 0.4) is 0 Å². The fraction of sp³-hybridized carbons (Fsp3) is 0. The summed E-state index contributed by atoms with van der Waals surface area (Å²) in [7, 11) is -8.82. The lowest BCUT2D eigenvalue weighted by atomic mass is 10.3. The van der Waals surface area contributed by atoms with Crippen LogP contribution in [0.25, 0.3) is 0 Å².